The number of methoxy groups -OCH3 is 1. The Bertz CT molecular complexity index is 562. The summed E-state index contributed by atoms with van der Waals surface area (Å²) in [5.74, 6) is 0.574. The van der Waals surface area contributed by atoms with E-state index in [2.05, 4.69) is 22.2 Å². The zero-order chi connectivity index (χ0) is 14.4. The second-order valence-electron chi connectivity index (χ2n) is 4.39. The largest absolute Gasteiger partial charge is 0.481 e. The molecule has 0 fully saturated rings. The first-order valence-corrected chi connectivity index (χ1v) is 6.95. The van der Waals surface area contributed by atoms with Crippen LogP contribution in [0.3, 0.4) is 0 Å². The van der Waals surface area contributed by atoms with Crippen LogP contribution >= 0.6 is 11.6 Å². The van der Waals surface area contributed by atoms with Gasteiger partial charge in [-0.05, 0) is 18.2 Å². The number of ether oxygens (including phenoxy) is 1. The summed E-state index contributed by atoms with van der Waals surface area (Å²) in [5, 5.41) is 4.20. The van der Waals surface area contributed by atoms with E-state index in [0.29, 0.717) is 5.88 Å². The van der Waals surface area contributed by atoms with Gasteiger partial charge in [-0.2, -0.15) is 0 Å². The Hall–Kier alpha value is -1.65. The molecule has 4 nitrogen and oxygen atoms in total. The molecule has 0 saturated carbocycles. The third-order valence-electron chi connectivity index (χ3n) is 3.05. The van der Waals surface area contributed by atoms with Crippen LogP contribution in [0, 0.1) is 0 Å². The summed E-state index contributed by atoms with van der Waals surface area (Å²) in [6.45, 7) is 2.93. The highest BCUT2D eigenvalue weighted by molar-refractivity contribution is 6.31. The van der Waals surface area contributed by atoms with Gasteiger partial charge in [-0.1, -0.05) is 36.7 Å². The van der Waals surface area contributed by atoms with Gasteiger partial charge in [0.15, 0.2) is 0 Å². The smallest absolute Gasteiger partial charge is 0.216 e. The highest BCUT2D eigenvalue weighted by atomic mass is 35.5. The van der Waals surface area contributed by atoms with E-state index in [4.69, 9.17) is 16.3 Å². The molecule has 0 bridgehead atoms. The summed E-state index contributed by atoms with van der Waals surface area (Å²) in [6.07, 6.45) is 2.25. The molecule has 1 aromatic carbocycles. The number of halogens is 1. The predicted molar refractivity (Wildman–Crippen MR) is 80.2 cm³/mol. The third kappa shape index (κ3) is 3.68. The number of benzene rings is 1. The Morgan fingerprint density at radius 3 is 2.80 bits per heavy atom. The molecule has 106 valence electrons. The van der Waals surface area contributed by atoms with Crippen LogP contribution in [0.4, 0.5) is 0 Å². The molecule has 0 radical (unpaired) electrons. The maximum Gasteiger partial charge on any atom is 0.216 e. The Morgan fingerprint density at radius 1 is 1.30 bits per heavy atom. The molecule has 0 aliphatic heterocycles. The lowest BCUT2D eigenvalue weighted by atomic mass is 10.0. The van der Waals surface area contributed by atoms with Gasteiger partial charge in [-0.3, -0.25) is 0 Å². The monoisotopic (exact) mass is 291 g/mol. The number of hydrogen-bond donors (Lipinski definition) is 1. The molecule has 1 heterocycles. The quantitative estimate of drug-likeness (QED) is 0.889. The van der Waals surface area contributed by atoms with Crippen molar-refractivity contribution in [1.29, 1.82) is 0 Å². The van der Waals surface area contributed by atoms with E-state index in [1.807, 2.05) is 30.3 Å². The van der Waals surface area contributed by atoms with Crippen molar-refractivity contribution in [2.45, 2.75) is 19.4 Å². The first-order valence-electron chi connectivity index (χ1n) is 6.57. The van der Waals surface area contributed by atoms with Gasteiger partial charge in [-0.25, -0.2) is 9.97 Å². The minimum absolute atomic E-state index is 0.119. The molecular formula is C15H18ClN3O. The highest BCUT2D eigenvalue weighted by Crippen LogP contribution is 2.25. The second-order valence-corrected chi connectivity index (χ2v) is 4.79. The number of aromatic nitrogens is 2. The van der Waals surface area contributed by atoms with Crippen LogP contribution in [0.5, 0.6) is 5.88 Å². The van der Waals surface area contributed by atoms with Crippen molar-refractivity contribution in [2.24, 2.45) is 0 Å². The summed E-state index contributed by atoms with van der Waals surface area (Å²) >= 11 is 6.28. The fraction of sp³-hybridized carbons (Fsp3) is 0.333. The van der Waals surface area contributed by atoms with Gasteiger partial charge < -0.3 is 10.1 Å². The molecule has 2 rings (SSSR count). The van der Waals surface area contributed by atoms with Crippen molar-refractivity contribution in [3.63, 3.8) is 0 Å². The molecule has 1 N–H and O–H groups in total. The molecular weight excluding hydrogens is 274 g/mol. The molecule has 1 atom stereocenters. The molecule has 2 aromatic rings. The van der Waals surface area contributed by atoms with E-state index in [9.17, 15) is 0 Å². The van der Waals surface area contributed by atoms with Crippen molar-refractivity contribution >= 4 is 11.6 Å². The molecule has 0 saturated heterocycles. The molecule has 1 aromatic heterocycles. The number of rotatable bonds is 6. The minimum atomic E-state index is 0.119. The van der Waals surface area contributed by atoms with Crippen molar-refractivity contribution in [2.75, 3.05) is 13.7 Å². The van der Waals surface area contributed by atoms with Gasteiger partial charge in [0.05, 0.1) is 7.11 Å². The first-order chi connectivity index (χ1) is 9.74. The SMILES string of the molecule is CCNC(Cc1cc(OC)ncn1)c1ccccc1Cl. The standard InChI is InChI=1S/C15H18ClN3O/c1-3-17-14(12-6-4-5-7-13(12)16)8-11-9-15(20-2)19-10-18-11/h4-7,9-10,14,17H,3,8H2,1-2H3. The summed E-state index contributed by atoms with van der Waals surface area (Å²) in [4.78, 5) is 8.31. The van der Waals surface area contributed by atoms with E-state index in [1.54, 1.807) is 7.11 Å². The molecule has 1 unspecified atom stereocenters. The number of nitrogens with one attached hydrogen (secondary N) is 1. The van der Waals surface area contributed by atoms with Crippen LogP contribution in [0.2, 0.25) is 5.02 Å². The van der Waals surface area contributed by atoms with Gasteiger partial charge in [0.25, 0.3) is 0 Å². The van der Waals surface area contributed by atoms with Crippen LogP contribution in [0.25, 0.3) is 0 Å². The average Bonchev–Trinajstić information content (AvgIpc) is 2.47. The van der Waals surface area contributed by atoms with Gasteiger partial charge in [-0.15, -0.1) is 0 Å². The number of hydrogen-bond acceptors (Lipinski definition) is 4. The van der Waals surface area contributed by atoms with E-state index in [0.717, 1.165) is 29.2 Å². The summed E-state index contributed by atoms with van der Waals surface area (Å²) in [7, 11) is 1.60. The maximum absolute atomic E-state index is 6.28. The van der Waals surface area contributed by atoms with Crippen molar-refractivity contribution < 1.29 is 4.74 Å². The van der Waals surface area contributed by atoms with E-state index in [-0.39, 0.29) is 6.04 Å². The van der Waals surface area contributed by atoms with Gasteiger partial charge in [0, 0.05) is 29.2 Å². The average molecular weight is 292 g/mol. The summed E-state index contributed by atoms with van der Waals surface area (Å²) < 4.78 is 5.13. The predicted octanol–water partition coefficient (Wildman–Crippen LogP) is 3.03. The normalized spacial score (nSPS) is 12.2. The Labute approximate surface area is 124 Å². The first kappa shape index (κ1) is 14.8. The van der Waals surface area contributed by atoms with Crippen LogP contribution < -0.4 is 10.1 Å². The topological polar surface area (TPSA) is 47.0 Å². The minimum Gasteiger partial charge on any atom is -0.481 e. The van der Waals surface area contributed by atoms with Gasteiger partial charge in [0.1, 0.15) is 6.33 Å². The van der Waals surface area contributed by atoms with Crippen LogP contribution in [-0.2, 0) is 6.42 Å². The van der Waals surface area contributed by atoms with Crippen molar-refractivity contribution in [3.05, 3.63) is 52.9 Å². The Kier molecular flexibility index (Phi) is 5.32. The highest BCUT2D eigenvalue weighted by Gasteiger charge is 2.15. The molecule has 20 heavy (non-hydrogen) atoms. The Morgan fingerprint density at radius 2 is 2.10 bits per heavy atom. The van der Waals surface area contributed by atoms with Crippen LogP contribution in [0.15, 0.2) is 36.7 Å². The molecule has 0 aliphatic carbocycles. The second kappa shape index (κ2) is 7.22. The zero-order valence-electron chi connectivity index (χ0n) is 11.6. The fourth-order valence-electron chi connectivity index (χ4n) is 2.11. The maximum atomic E-state index is 6.28. The molecule has 0 amide bonds. The third-order valence-corrected chi connectivity index (χ3v) is 3.40. The van der Waals surface area contributed by atoms with E-state index in [1.165, 1.54) is 6.33 Å². The summed E-state index contributed by atoms with van der Waals surface area (Å²) in [6, 6.07) is 9.83. The van der Waals surface area contributed by atoms with E-state index >= 15 is 0 Å². The summed E-state index contributed by atoms with van der Waals surface area (Å²) in [5.41, 5.74) is 2.00. The van der Waals surface area contributed by atoms with E-state index < -0.39 is 0 Å². The number of nitrogens with zero attached hydrogens (tertiary/aromatic N) is 2. The van der Waals surface area contributed by atoms with Gasteiger partial charge in [0.2, 0.25) is 5.88 Å². The van der Waals surface area contributed by atoms with Crippen LogP contribution in [0.1, 0.15) is 24.2 Å². The Balaban J connectivity index is 2.23. The van der Waals surface area contributed by atoms with Crippen LogP contribution in [-0.4, -0.2) is 23.6 Å². The fourth-order valence-corrected chi connectivity index (χ4v) is 2.37. The van der Waals surface area contributed by atoms with Crippen molar-refractivity contribution in [1.82, 2.24) is 15.3 Å². The van der Waals surface area contributed by atoms with Gasteiger partial charge >= 0.3 is 0 Å². The molecule has 0 spiro atoms. The zero-order valence-corrected chi connectivity index (χ0v) is 12.4. The molecule has 5 heteroatoms. The lowest BCUT2D eigenvalue weighted by Crippen LogP contribution is -2.23. The van der Waals surface area contributed by atoms with Crippen molar-refractivity contribution in [3.8, 4) is 5.88 Å². The lowest BCUT2D eigenvalue weighted by molar-refractivity contribution is 0.395. The lowest BCUT2D eigenvalue weighted by Gasteiger charge is -2.19. The molecule has 0 aliphatic rings. The number of likely N-dealkylation sites (N-methyl/N-ethyl adjacent to an activating group) is 1.